The number of rotatable bonds is 6. The summed E-state index contributed by atoms with van der Waals surface area (Å²) in [6.07, 6.45) is 36.5. The van der Waals surface area contributed by atoms with Crippen LogP contribution in [0.2, 0.25) is 0 Å². The number of allylic oxidation sites excluding steroid dienone is 6. The van der Waals surface area contributed by atoms with Crippen molar-refractivity contribution in [2.24, 2.45) is 0 Å². The zero-order valence-corrected chi connectivity index (χ0v) is 22.9. The van der Waals surface area contributed by atoms with Crippen molar-refractivity contribution in [3.63, 3.8) is 0 Å². The summed E-state index contributed by atoms with van der Waals surface area (Å²) in [6.45, 7) is 2.02. The Bertz CT molecular complexity index is 571. The van der Waals surface area contributed by atoms with Crippen molar-refractivity contribution in [1.29, 1.82) is 0 Å². The van der Waals surface area contributed by atoms with Crippen molar-refractivity contribution in [2.75, 3.05) is 0 Å². The zero-order chi connectivity index (χ0) is 24.4. The molecule has 0 saturated carbocycles. The van der Waals surface area contributed by atoms with Crippen LogP contribution < -0.4 is 0 Å². The lowest BCUT2D eigenvalue weighted by atomic mass is 10.0. The van der Waals surface area contributed by atoms with Crippen LogP contribution in [0.5, 0.6) is 0 Å². The predicted molar refractivity (Wildman–Crippen MR) is 147 cm³/mol. The van der Waals surface area contributed by atoms with E-state index < -0.39 is 5.97 Å². The van der Waals surface area contributed by atoms with Gasteiger partial charge in [0.05, 0.1) is 6.92 Å². The first-order chi connectivity index (χ1) is 17.2. The van der Waals surface area contributed by atoms with E-state index in [9.17, 15) is 0 Å². The van der Waals surface area contributed by atoms with Gasteiger partial charge in [-0.1, -0.05) is 77.0 Å². The molecule has 0 radical (unpaired) electrons. The molecule has 0 atom stereocenters. The second-order valence-electron chi connectivity index (χ2n) is 11.2. The maximum atomic E-state index is 6.71. The molecule has 0 aromatic carbocycles. The molecular weight excluding hydrogens is 432 g/mol. The topological polar surface area (TPSA) is 27.7 Å². The van der Waals surface area contributed by atoms with Crippen LogP contribution in [0.3, 0.4) is 0 Å². The smallest absolute Gasteiger partial charge is 0.413 e. The van der Waals surface area contributed by atoms with E-state index in [1.807, 2.05) is 6.92 Å². The minimum Gasteiger partial charge on any atom is -0.426 e. The summed E-state index contributed by atoms with van der Waals surface area (Å²) in [5.41, 5.74) is 0. The minimum absolute atomic E-state index is 0.987. The van der Waals surface area contributed by atoms with Gasteiger partial charge in [0.25, 0.3) is 0 Å². The van der Waals surface area contributed by atoms with Crippen molar-refractivity contribution >= 4 is 0 Å². The highest BCUT2D eigenvalue weighted by Crippen LogP contribution is 2.32. The zero-order valence-electron chi connectivity index (χ0n) is 22.9. The Labute approximate surface area is 216 Å². The Kier molecular flexibility index (Phi) is 13.8. The first-order valence-corrected chi connectivity index (χ1v) is 15.4. The molecule has 0 fully saturated rings. The molecule has 3 aliphatic rings. The van der Waals surface area contributed by atoms with Crippen molar-refractivity contribution in [1.82, 2.24) is 0 Å². The van der Waals surface area contributed by atoms with Crippen LogP contribution in [0, 0.1) is 0 Å². The summed E-state index contributed by atoms with van der Waals surface area (Å²) in [6, 6.07) is 0. The van der Waals surface area contributed by atoms with Gasteiger partial charge in [0.15, 0.2) is 0 Å². The molecule has 0 heterocycles. The van der Waals surface area contributed by atoms with Crippen LogP contribution in [0.25, 0.3) is 0 Å². The molecule has 35 heavy (non-hydrogen) atoms. The fourth-order valence-corrected chi connectivity index (χ4v) is 5.60. The second kappa shape index (κ2) is 17.1. The van der Waals surface area contributed by atoms with Crippen molar-refractivity contribution in [2.45, 2.75) is 167 Å². The maximum absolute atomic E-state index is 6.71. The highest BCUT2D eigenvalue weighted by atomic mass is 16.9. The molecule has 0 unspecified atom stereocenters. The molecule has 3 rings (SSSR count). The normalized spacial score (nSPS) is 27.5. The van der Waals surface area contributed by atoms with Crippen LogP contribution in [-0.4, -0.2) is 5.97 Å². The monoisotopic (exact) mass is 486 g/mol. The number of hydrogen-bond acceptors (Lipinski definition) is 3. The Balaban J connectivity index is 1.76. The van der Waals surface area contributed by atoms with Crippen LogP contribution in [-0.2, 0) is 14.2 Å². The molecule has 0 spiro atoms. The van der Waals surface area contributed by atoms with Gasteiger partial charge in [-0.25, -0.2) is 0 Å². The molecule has 0 amide bonds. The van der Waals surface area contributed by atoms with E-state index in [0.29, 0.717) is 0 Å². The first-order valence-electron chi connectivity index (χ1n) is 15.4. The van der Waals surface area contributed by atoms with Gasteiger partial charge in [0.2, 0.25) is 0 Å². The van der Waals surface area contributed by atoms with Gasteiger partial charge >= 0.3 is 5.97 Å². The Hall–Kier alpha value is -1.38. The quantitative estimate of drug-likeness (QED) is 0.349. The molecule has 3 aliphatic carbocycles. The van der Waals surface area contributed by atoms with Gasteiger partial charge in [-0.05, 0) is 76.0 Å². The van der Waals surface area contributed by atoms with Crippen LogP contribution in [0.1, 0.15) is 161 Å². The highest BCUT2D eigenvalue weighted by Gasteiger charge is 2.34. The molecule has 3 nitrogen and oxygen atoms in total. The largest absolute Gasteiger partial charge is 0.426 e. The third-order valence-corrected chi connectivity index (χ3v) is 7.70. The highest BCUT2D eigenvalue weighted by molar-refractivity contribution is 5.00. The van der Waals surface area contributed by atoms with E-state index in [-0.39, 0.29) is 0 Å². The number of hydrogen-bond donors (Lipinski definition) is 0. The van der Waals surface area contributed by atoms with Crippen molar-refractivity contribution < 1.29 is 14.2 Å². The van der Waals surface area contributed by atoms with Gasteiger partial charge in [-0.15, -0.1) is 0 Å². The lowest BCUT2D eigenvalue weighted by Crippen LogP contribution is -2.35. The Morgan fingerprint density at radius 3 is 0.971 bits per heavy atom. The molecule has 0 aliphatic heterocycles. The van der Waals surface area contributed by atoms with Gasteiger partial charge in [0, 0.05) is 19.3 Å². The van der Waals surface area contributed by atoms with E-state index in [0.717, 1.165) is 55.8 Å². The number of ether oxygens (including phenoxy) is 3. The van der Waals surface area contributed by atoms with E-state index in [2.05, 4.69) is 18.2 Å². The summed E-state index contributed by atoms with van der Waals surface area (Å²) in [4.78, 5) is 0. The molecule has 200 valence electrons. The van der Waals surface area contributed by atoms with Gasteiger partial charge in [-0.3, -0.25) is 0 Å². The van der Waals surface area contributed by atoms with Crippen LogP contribution >= 0.6 is 0 Å². The summed E-state index contributed by atoms with van der Waals surface area (Å²) in [7, 11) is 0. The fourth-order valence-electron chi connectivity index (χ4n) is 5.60. The van der Waals surface area contributed by atoms with E-state index in [4.69, 9.17) is 14.2 Å². The summed E-state index contributed by atoms with van der Waals surface area (Å²) >= 11 is 0. The van der Waals surface area contributed by atoms with E-state index in [1.54, 1.807) is 0 Å². The van der Waals surface area contributed by atoms with E-state index in [1.165, 1.54) is 116 Å². The van der Waals surface area contributed by atoms with Crippen LogP contribution in [0.4, 0.5) is 0 Å². The Morgan fingerprint density at radius 2 is 0.657 bits per heavy atom. The average molecular weight is 487 g/mol. The van der Waals surface area contributed by atoms with Crippen LogP contribution in [0.15, 0.2) is 35.5 Å². The molecule has 0 aromatic rings. The Morgan fingerprint density at radius 1 is 0.400 bits per heavy atom. The molecular formula is C32H54O3. The van der Waals surface area contributed by atoms with E-state index >= 15 is 0 Å². The molecule has 3 heteroatoms. The molecule has 0 saturated heterocycles. The third-order valence-electron chi connectivity index (χ3n) is 7.70. The predicted octanol–water partition coefficient (Wildman–Crippen LogP) is 10.8. The summed E-state index contributed by atoms with van der Waals surface area (Å²) in [5, 5.41) is 0. The maximum Gasteiger partial charge on any atom is 0.413 e. The summed E-state index contributed by atoms with van der Waals surface area (Å²) < 4.78 is 20.1. The second-order valence-corrected chi connectivity index (χ2v) is 11.2. The van der Waals surface area contributed by atoms with Crippen molar-refractivity contribution in [3.05, 3.63) is 35.5 Å². The third kappa shape index (κ3) is 12.4. The lowest BCUT2D eigenvalue weighted by molar-refractivity contribution is -0.327. The summed E-state index contributed by atoms with van der Waals surface area (Å²) in [5.74, 6) is 2.10. The standard InChI is InChI=1S/C32H54O3/c1-32(33-29-23-17-11-5-2-6-12-18-24-29,34-30-25-19-13-7-3-8-14-20-26-30)35-31-27-21-15-9-4-10-16-22-28-31/h23,25,27H,2-22,24,26,28H2,1H3/b29-23+,30-25+,31-27+. The van der Waals surface area contributed by atoms with Gasteiger partial charge < -0.3 is 14.2 Å². The molecule has 0 bridgehead atoms. The minimum atomic E-state index is -1.10. The molecule has 0 aromatic heterocycles. The van der Waals surface area contributed by atoms with Crippen molar-refractivity contribution in [3.8, 4) is 0 Å². The SMILES string of the molecule is CC(O/C1=C/CCCCCCCC1)(O/C1=C/CCCCCCCC1)O/C1=C/CCCCCCCC1. The van der Waals surface area contributed by atoms with Gasteiger partial charge in [0.1, 0.15) is 17.3 Å². The first kappa shape index (κ1) is 28.2. The average Bonchev–Trinajstić information content (AvgIpc) is 2.86. The fraction of sp³-hybridized carbons (Fsp3) is 0.812. The van der Waals surface area contributed by atoms with Gasteiger partial charge in [-0.2, -0.15) is 0 Å². The molecule has 0 N–H and O–H groups in total. The lowest BCUT2D eigenvalue weighted by Gasteiger charge is -2.34.